The second kappa shape index (κ2) is 2.52. The summed E-state index contributed by atoms with van der Waals surface area (Å²) >= 11 is 0. The van der Waals surface area contributed by atoms with Gasteiger partial charge in [0.15, 0.2) is 0 Å². The van der Waals surface area contributed by atoms with Gasteiger partial charge < -0.3 is 0 Å². The van der Waals surface area contributed by atoms with E-state index in [-0.39, 0.29) is 12.2 Å². The van der Waals surface area contributed by atoms with Gasteiger partial charge in [-0.1, -0.05) is 13.0 Å². The second-order valence-electron chi connectivity index (χ2n) is 2.54. The first-order valence-electron chi connectivity index (χ1n) is 3.39. The highest BCUT2D eigenvalue weighted by Gasteiger charge is 2.27. The molecule has 0 bridgehead atoms. The molecule has 0 nitrogen and oxygen atoms in total. The van der Waals surface area contributed by atoms with Gasteiger partial charge in [0.1, 0.15) is 11.5 Å². The van der Waals surface area contributed by atoms with Crippen LogP contribution in [0, 0.1) is 0 Å². The third-order valence-electron chi connectivity index (χ3n) is 1.72. The molecule has 1 aliphatic rings. The van der Waals surface area contributed by atoms with Crippen molar-refractivity contribution < 1.29 is 8.78 Å². The molecule has 1 atom stereocenters. The Labute approximate surface area is 59.2 Å². The molecule has 1 aliphatic carbocycles. The zero-order valence-electron chi connectivity index (χ0n) is 5.90. The molecule has 1 unspecified atom stereocenters. The van der Waals surface area contributed by atoms with Crippen molar-refractivity contribution in [2.24, 2.45) is 0 Å². The molecular weight excluding hydrogens is 134 g/mol. The average Bonchev–Trinajstić information content (AvgIpc) is 1.88. The molecule has 0 saturated heterocycles. The lowest BCUT2D eigenvalue weighted by Crippen LogP contribution is -2.19. The zero-order chi connectivity index (χ0) is 7.61. The third-order valence-corrected chi connectivity index (χ3v) is 1.72. The lowest BCUT2D eigenvalue weighted by molar-refractivity contribution is 0.207. The van der Waals surface area contributed by atoms with Gasteiger partial charge in [-0.15, -0.1) is 0 Å². The maximum atomic E-state index is 13.2. The van der Waals surface area contributed by atoms with Crippen LogP contribution in [0.1, 0.15) is 19.8 Å². The number of hydrogen-bond donors (Lipinski definition) is 0. The van der Waals surface area contributed by atoms with E-state index < -0.39 is 5.67 Å². The highest BCUT2D eigenvalue weighted by molar-refractivity contribution is 5.21. The summed E-state index contributed by atoms with van der Waals surface area (Å²) in [5.41, 5.74) is -1.43. The van der Waals surface area contributed by atoms with Crippen molar-refractivity contribution in [2.45, 2.75) is 25.4 Å². The first-order valence-corrected chi connectivity index (χ1v) is 3.39. The van der Waals surface area contributed by atoms with Crippen molar-refractivity contribution in [3.8, 4) is 0 Å². The van der Waals surface area contributed by atoms with Crippen LogP contribution in [0.15, 0.2) is 24.1 Å². The van der Waals surface area contributed by atoms with Crippen LogP contribution >= 0.6 is 0 Å². The fourth-order valence-electron chi connectivity index (χ4n) is 0.966. The van der Waals surface area contributed by atoms with E-state index in [9.17, 15) is 8.78 Å². The molecular formula is C8H10F2. The van der Waals surface area contributed by atoms with Gasteiger partial charge in [0.2, 0.25) is 0 Å². The Bertz CT molecular complexity index is 182. The summed E-state index contributed by atoms with van der Waals surface area (Å²) in [4.78, 5) is 0. The summed E-state index contributed by atoms with van der Waals surface area (Å²) in [5.74, 6) is -0.369. The Morgan fingerprint density at radius 3 is 2.80 bits per heavy atom. The summed E-state index contributed by atoms with van der Waals surface area (Å²) in [5, 5.41) is 0. The van der Waals surface area contributed by atoms with E-state index in [0.717, 1.165) is 0 Å². The van der Waals surface area contributed by atoms with E-state index in [4.69, 9.17) is 0 Å². The first-order chi connectivity index (χ1) is 4.66. The molecule has 0 amide bonds. The largest absolute Gasteiger partial charge is 0.239 e. The van der Waals surface area contributed by atoms with Crippen LogP contribution in [0.2, 0.25) is 0 Å². The van der Waals surface area contributed by atoms with Crippen LogP contribution < -0.4 is 0 Å². The molecule has 56 valence electrons. The van der Waals surface area contributed by atoms with E-state index in [1.165, 1.54) is 18.2 Å². The quantitative estimate of drug-likeness (QED) is 0.530. The predicted octanol–water partition coefficient (Wildman–Crippen LogP) is 2.92. The van der Waals surface area contributed by atoms with Crippen molar-refractivity contribution >= 4 is 0 Å². The number of alkyl halides is 1. The number of rotatable bonds is 1. The van der Waals surface area contributed by atoms with Crippen LogP contribution in [0.3, 0.4) is 0 Å². The van der Waals surface area contributed by atoms with Crippen LogP contribution in [0.5, 0.6) is 0 Å². The lowest BCUT2D eigenvalue weighted by atomic mass is 9.94. The molecule has 0 heterocycles. The number of halogens is 2. The minimum Gasteiger partial charge on any atom is -0.239 e. The van der Waals surface area contributed by atoms with E-state index >= 15 is 0 Å². The number of hydrogen-bond acceptors (Lipinski definition) is 0. The Hall–Kier alpha value is -0.660. The van der Waals surface area contributed by atoms with Crippen LogP contribution in [0.4, 0.5) is 8.78 Å². The fraction of sp³-hybridized carbons (Fsp3) is 0.500. The van der Waals surface area contributed by atoms with Crippen molar-refractivity contribution in [3.63, 3.8) is 0 Å². The molecule has 0 N–H and O–H groups in total. The van der Waals surface area contributed by atoms with Crippen LogP contribution in [-0.2, 0) is 0 Å². The lowest BCUT2D eigenvalue weighted by Gasteiger charge is -2.20. The molecule has 0 aromatic heterocycles. The van der Waals surface area contributed by atoms with E-state index in [2.05, 4.69) is 0 Å². The Morgan fingerprint density at radius 2 is 2.40 bits per heavy atom. The monoisotopic (exact) mass is 144 g/mol. The summed E-state index contributed by atoms with van der Waals surface area (Å²) in [6.45, 7) is 1.71. The predicted molar refractivity (Wildman–Crippen MR) is 37.1 cm³/mol. The van der Waals surface area contributed by atoms with E-state index in [1.807, 2.05) is 0 Å². The zero-order valence-corrected chi connectivity index (χ0v) is 5.90. The van der Waals surface area contributed by atoms with Gasteiger partial charge in [-0.3, -0.25) is 0 Å². The average molecular weight is 144 g/mol. The third kappa shape index (κ3) is 1.43. The van der Waals surface area contributed by atoms with Crippen LogP contribution in [-0.4, -0.2) is 5.67 Å². The molecule has 0 aliphatic heterocycles. The van der Waals surface area contributed by atoms with Crippen molar-refractivity contribution in [1.29, 1.82) is 0 Å². The molecule has 0 aromatic rings. The molecule has 0 spiro atoms. The molecule has 0 aromatic carbocycles. The Morgan fingerprint density at radius 1 is 1.70 bits per heavy atom. The van der Waals surface area contributed by atoms with E-state index in [0.29, 0.717) is 6.42 Å². The van der Waals surface area contributed by atoms with Crippen molar-refractivity contribution in [3.05, 3.63) is 24.1 Å². The van der Waals surface area contributed by atoms with Crippen molar-refractivity contribution in [1.82, 2.24) is 0 Å². The summed E-state index contributed by atoms with van der Waals surface area (Å²) in [6, 6.07) is 0. The van der Waals surface area contributed by atoms with Gasteiger partial charge in [-0.25, -0.2) is 8.78 Å². The minimum atomic E-state index is -1.43. The number of allylic oxidation sites excluding steroid dienone is 4. The second-order valence-corrected chi connectivity index (χ2v) is 2.54. The smallest absolute Gasteiger partial charge is 0.135 e. The van der Waals surface area contributed by atoms with Crippen molar-refractivity contribution in [2.75, 3.05) is 0 Å². The minimum absolute atomic E-state index is 0.0972. The maximum absolute atomic E-state index is 13.2. The maximum Gasteiger partial charge on any atom is 0.135 e. The van der Waals surface area contributed by atoms with Crippen LogP contribution in [0.25, 0.3) is 0 Å². The Kier molecular flexibility index (Phi) is 1.88. The van der Waals surface area contributed by atoms with Gasteiger partial charge in [0, 0.05) is 6.42 Å². The fourth-order valence-corrected chi connectivity index (χ4v) is 0.966. The van der Waals surface area contributed by atoms with Gasteiger partial charge in [0.25, 0.3) is 0 Å². The standard InChI is InChI=1S/C8H10F2/c1-2-8(10)5-3-4-7(9)6-8/h3-5H,2,6H2,1H3. The molecule has 2 heteroatoms. The molecule has 0 fully saturated rings. The first kappa shape index (κ1) is 7.45. The highest BCUT2D eigenvalue weighted by Crippen LogP contribution is 2.30. The highest BCUT2D eigenvalue weighted by atomic mass is 19.1. The molecule has 1 rings (SSSR count). The van der Waals surface area contributed by atoms with Gasteiger partial charge in [-0.2, -0.15) is 0 Å². The molecule has 0 radical (unpaired) electrons. The molecule has 10 heavy (non-hydrogen) atoms. The summed E-state index contributed by atoms with van der Waals surface area (Å²) in [6.07, 6.45) is 4.39. The SMILES string of the molecule is CCC1(F)C=CC=C(F)C1. The normalized spacial score (nSPS) is 32.1. The van der Waals surface area contributed by atoms with Gasteiger partial charge >= 0.3 is 0 Å². The molecule has 0 saturated carbocycles. The van der Waals surface area contributed by atoms with Gasteiger partial charge in [0.05, 0.1) is 0 Å². The summed E-state index contributed by atoms with van der Waals surface area (Å²) in [7, 11) is 0. The topological polar surface area (TPSA) is 0 Å². The van der Waals surface area contributed by atoms with Gasteiger partial charge in [-0.05, 0) is 18.6 Å². The Balaban J connectivity index is 2.71. The summed E-state index contributed by atoms with van der Waals surface area (Å²) < 4.78 is 25.6. The van der Waals surface area contributed by atoms with E-state index in [1.54, 1.807) is 6.92 Å².